The first-order valence-corrected chi connectivity index (χ1v) is 4.94. The fourth-order valence-electron chi connectivity index (χ4n) is 1.40. The van der Waals surface area contributed by atoms with Gasteiger partial charge in [-0.2, -0.15) is 0 Å². The number of rotatable bonds is 4. The molecule has 1 aromatic rings. The minimum absolute atomic E-state index is 0.138. The van der Waals surface area contributed by atoms with E-state index in [1.165, 1.54) is 0 Å². The van der Waals surface area contributed by atoms with Gasteiger partial charge in [-0.15, -0.1) is 0 Å². The largest absolute Gasteiger partial charge is 0.433 e. The Hall–Kier alpha value is -0.465. The molecule has 0 N–H and O–H groups in total. The summed E-state index contributed by atoms with van der Waals surface area (Å²) in [7, 11) is 1.73. The SMILES string of the molecule is CCCB(OC)c1ccccc1Cl. The lowest BCUT2D eigenvalue weighted by atomic mass is 9.57. The molecule has 0 radical (unpaired) electrons. The number of halogens is 1. The van der Waals surface area contributed by atoms with Gasteiger partial charge in [0.05, 0.1) is 0 Å². The second-order valence-electron chi connectivity index (χ2n) is 3.03. The predicted octanol–water partition coefficient (Wildman–Crippen LogP) is 2.59. The van der Waals surface area contributed by atoms with Crippen LogP contribution in [0.3, 0.4) is 0 Å². The fourth-order valence-corrected chi connectivity index (χ4v) is 1.66. The van der Waals surface area contributed by atoms with Gasteiger partial charge in [-0.3, -0.25) is 0 Å². The van der Waals surface area contributed by atoms with Crippen LogP contribution in [0.2, 0.25) is 11.3 Å². The van der Waals surface area contributed by atoms with Crippen molar-refractivity contribution in [2.24, 2.45) is 0 Å². The van der Waals surface area contributed by atoms with E-state index >= 15 is 0 Å². The van der Waals surface area contributed by atoms with Gasteiger partial charge in [0.25, 0.3) is 0 Å². The fraction of sp³-hybridized carbons (Fsp3) is 0.400. The maximum Gasteiger partial charge on any atom is 0.327 e. The summed E-state index contributed by atoms with van der Waals surface area (Å²) in [4.78, 5) is 0. The van der Waals surface area contributed by atoms with Gasteiger partial charge in [0, 0.05) is 12.1 Å². The first-order chi connectivity index (χ1) is 6.29. The molecule has 0 aliphatic heterocycles. The van der Waals surface area contributed by atoms with Gasteiger partial charge in [0.1, 0.15) is 0 Å². The number of hydrogen-bond acceptors (Lipinski definition) is 1. The van der Waals surface area contributed by atoms with Crippen molar-refractivity contribution in [2.75, 3.05) is 7.11 Å². The molecule has 0 heterocycles. The van der Waals surface area contributed by atoms with Crippen molar-refractivity contribution < 1.29 is 4.65 Å². The van der Waals surface area contributed by atoms with Gasteiger partial charge in [0.2, 0.25) is 0 Å². The summed E-state index contributed by atoms with van der Waals surface area (Å²) in [6.45, 7) is 2.28. The lowest BCUT2D eigenvalue weighted by Gasteiger charge is -2.11. The van der Waals surface area contributed by atoms with Crippen molar-refractivity contribution in [1.82, 2.24) is 0 Å². The molecular formula is C10H14BClO. The molecule has 1 aromatic carbocycles. The quantitative estimate of drug-likeness (QED) is 0.673. The van der Waals surface area contributed by atoms with Crippen LogP contribution in [0.1, 0.15) is 13.3 Å². The van der Waals surface area contributed by atoms with Crippen LogP contribution in [0.5, 0.6) is 0 Å². The highest BCUT2D eigenvalue weighted by Gasteiger charge is 2.17. The van der Waals surface area contributed by atoms with Crippen LogP contribution in [0.15, 0.2) is 24.3 Å². The van der Waals surface area contributed by atoms with E-state index in [2.05, 4.69) is 6.92 Å². The van der Waals surface area contributed by atoms with E-state index < -0.39 is 0 Å². The van der Waals surface area contributed by atoms with Crippen molar-refractivity contribution in [1.29, 1.82) is 0 Å². The third kappa shape index (κ3) is 2.75. The summed E-state index contributed by atoms with van der Waals surface area (Å²) in [6, 6.07) is 7.85. The van der Waals surface area contributed by atoms with Crippen molar-refractivity contribution >= 4 is 24.0 Å². The Bertz CT molecular complexity index is 265. The van der Waals surface area contributed by atoms with Crippen molar-refractivity contribution in [3.63, 3.8) is 0 Å². The normalized spacial score (nSPS) is 10.1. The van der Waals surface area contributed by atoms with E-state index in [0.29, 0.717) is 0 Å². The maximum atomic E-state index is 6.05. The van der Waals surface area contributed by atoms with Crippen LogP contribution in [0.25, 0.3) is 0 Å². The Morgan fingerprint density at radius 3 is 2.62 bits per heavy atom. The molecular weight excluding hydrogens is 182 g/mol. The highest BCUT2D eigenvalue weighted by molar-refractivity contribution is 6.70. The molecule has 0 saturated heterocycles. The van der Waals surface area contributed by atoms with Gasteiger partial charge < -0.3 is 4.65 Å². The zero-order valence-corrected chi connectivity index (χ0v) is 8.84. The highest BCUT2D eigenvalue weighted by atomic mass is 35.5. The van der Waals surface area contributed by atoms with E-state index in [4.69, 9.17) is 16.3 Å². The topological polar surface area (TPSA) is 9.23 Å². The Kier molecular flexibility index (Phi) is 4.33. The first-order valence-electron chi connectivity index (χ1n) is 4.56. The van der Waals surface area contributed by atoms with E-state index in [9.17, 15) is 0 Å². The van der Waals surface area contributed by atoms with Crippen LogP contribution in [0.4, 0.5) is 0 Å². The first kappa shape index (κ1) is 10.6. The van der Waals surface area contributed by atoms with E-state index in [1.54, 1.807) is 7.11 Å². The second-order valence-corrected chi connectivity index (χ2v) is 3.44. The third-order valence-corrected chi connectivity index (χ3v) is 2.43. The Labute approximate surface area is 85.2 Å². The second kappa shape index (κ2) is 5.30. The molecule has 0 amide bonds. The number of hydrogen-bond donors (Lipinski definition) is 0. The molecule has 0 unspecified atom stereocenters. The molecule has 70 valence electrons. The zero-order valence-electron chi connectivity index (χ0n) is 8.09. The molecule has 0 fully saturated rings. The Morgan fingerprint density at radius 1 is 1.38 bits per heavy atom. The summed E-state index contributed by atoms with van der Waals surface area (Å²) in [5.74, 6) is 0. The summed E-state index contributed by atoms with van der Waals surface area (Å²) in [5.41, 5.74) is 1.09. The van der Waals surface area contributed by atoms with Crippen LogP contribution < -0.4 is 5.46 Å². The summed E-state index contributed by atoms with van der Waals surface area (Å²) in [5, 5.41) is 0.794. The summed E-state index contributed by atoms with van der Waals surface area (Å²) < 4.78 is 5.37. The smallest absolute Gasteiger partial charge is 0.327 e. The minimum Gasteiger partial charge on any atom is -0.433 e. The van der Waals surface area contributed by atoms with Gasteiger partial charge in [-0.25, -0.2) is 0 Å². The van der Waals surface area contributed by atoms with Crippen molar-refractivity contribution in [2.45, 2.75) is 19.7 Å². The van der Waals surface area contributed by atoms with Gasteiger partial charge in [-0.1, -0.05) is 43.1 Å². The molecule has 0 spiro atoms. The predicted molar refractivity (Wildman–Crippen MR) is 58.9 cm³/mol. The van der Waals surface area contributed by atoms with Crippen LogP contribution in [-0.4, -0.2) is 14.0 Å². The third-order valence-electron chi connectivity index (χ3n) is 2.09. The molecule has 0 atom stereocenters. The van der Waals surface area contributed by atoms with Crippen LogP contribution in [0, 0.1) is 0 Å². The molecule has 1 nitrogen and oxygen atoms in total. The van der Waals surface area contributed by atoms with Gasteiger partial charge in [0.15, 0.2) is 0 Å². The monoisotopic (exact) mass is 196 g/mol. The Morgan fingerprint density at radius 2 is 2.08 bits per heavy atom. The Balaban J connectivity index is 2.84. The standard InChI is InChI=1S/C10H14BClO/c1-3-8-11(13-2)9-6-4-5-7-10(9)12/h4-7H,3,8H2,1-2H3. The molecule has 3 heteroatoms. The van der Waals surface area contributed by atoms with Gasteiger partial charge >= 0.3 is 6.92 Å². The molecule has 0 saturated carbocycles. The molecule has 0 aliphatic rings. The van der Waals surface area contributed by atoms with E-state index in [-0.39, 0.29) is 6.92 Å². The number of benzene rings is 1. The van der Waals surface area contributed by atoms with Crippen LogP contribution in [-0.2, 0) is 4.65 Å². The molecule has 0 aromatic heterocycles. The average molecular weight is 196 g/mol. The molecule has 0 aliphatic carbocycles. The molecule has 1 rings (SSSR count). The van der Waals surface area contributed by atoms with E-state index in [1.807, 2.05) is 24.3 Å². The van der Waals surface area contributed by atoms with Crippen LogP contribution >= 0.6 is 11.6 Å². The lowest BCUT2D eigenvalue weighted by molar-refractivity contribution is 0.428. The minimum atomic E-state index is 0.138. The summed E-state index contributed by atoms with van der Waals surface area (Å²) in [6.07, 6.45) is 2.12. The highest BCUT2D eigenvalue weighted by Crippen LogP contribution is 2.08. The van der Waals surface area contributed by atoms with E-state index in [0.717, 1.165) is 23.2 Å². The molecule has 13 heavy (non-hydrogen) atoms. The van der Waals surface area contributed by atoms with Crippen molar-refractivity contribution in [3.05, 3.63) is 29.3 Å². The van der Waals surface area contributed by atoms with Crippen molar-refractivity contribution in [3.8, 4) is 0 Å². The average Bonchev–Trinajstić information content (AvgIpc) is 2.16. The zero-order chi connectivity index (χ0) is 9.68. The molecule has 0 bridgehead atoms. The maximum absolute atomic E-state index is 6.05. The van der Waals surface area contributed by atoms with Gasteiger partial charge in [-0.05, 0) is 17.8 Å². The lowest BCUT2D eigenvalue weighted by Crippen LogP contribution is -2.32. The summed E-state index contributed by atoms with van der Waals surface area (Å²) >= 11 is 6.05.